The van der Waals surface area contributed by atoms with Crippen molar-refractivity contribution in [3.05, 3.63) is 63.7 Å². The molecule has 2 rings (SSSR count). The molecule has 0 aliphatic rings. The molecule has 0 saturated carbocycles. The Labute approximate surface area is 144 Å². The van der Waals surface area contributed by atoms with E-state index in [1.165, 1.54) is 26.2 Å². The maximum absolute atomic E-state index is 12.5. The number of carbonyl (C=O) groups excluding carboxylic acids is 2. The molecule has 7 nitrogen and oxygen atoms in total. The predicted molar refractivity (Wildman–Crippen MR) is 90.1 cm³/mol. The fourth-order valence-corrected chi connectivity index (χ4v) is 2.43. The predicted octanol–water partition coefficient (Wildman–Crippen LogP) is 3.34. The van der Waals surface area contributed by atoms with Gasteiger partial charge in [0.2, 0.25) is 5.75 Å². The Morgan fingerprint density at radius 2 is 1.80 bits per heavy atom. The highest BCUT2D eigenvalue weighted by Crippen LogP contribution is 2.40. The van der Waals surface area contributed by atoms with Crippen molar-refractivity contribution in [2.45, 2.75) is 19.8 Å². The van der Waals surface area contributed by atoms with Gasteiger partial charge in [-0.2, -0.15) is 0 Å². The molecule has 2 aromatic carbocycles. The number of hydrogen-bond acceptors (Lipinski definition) is 6. The van der Waals surface area contributed by atoms with Gasteiger partial charge < -0.3 is 9.47 Å². The number of hydrogen-bond donors (Lipinski definition) is 0. The first-order valence-electron chi connectivity index (χ1n) is 7.55. The molecule has 0 aromatic heterocycles. The van der Waals surface area contributed by atoms with E-state index in [1.807, 2.05) is 30.3 Å². The Morgan fingerprint density at radius 1 is 1.12 bits per heavy atom. The first-order chi connectivity index (χ1) is 11.9. The highest BCUT2D eigenvalue weighted by molar-refractivity contribution is 6.01. The van der Waals surface area contributed by atoms with E-state index in [-0.39, 0.29) is 29.3 Å². The molecule has 0 atom stereocenters. The van der Waals surface area contributed by atoms with Gasteiger partial charge in [0.15, 0.2) is 11.5 Å². The van der Waals surface area contributed by atoms with E-state index in [9.17, 15) is 19.7 Å². The lowest BCUT2D eigenvalue weighted by Gasteiger charge is -2.11. The largest absolute Gasteiger partial charge is 0.488 e. The van der Waals surface area contributed by atoms with Gasteiger partial charge >= 0.3 is 11.7 Å². The fourth-order valence-electron chi connectivity index (χ4n) is 2.43. The smallest absolute Gasteiger partial charge is 0.325 e. The lowest BCUT2D eigenvalue weighted by atomic mass is 10.0. The van der Waals surface area contributed by atoms with Crippen molar-refractivity contribution in [3.63, 3.8) is 0 Å². The van der Waals surface area contributed by atoms with E-state index < -0.39 is 16.6 Å². The minimum Gasteiger partial charge on any atom is -0.488 e. The SMILES string of the molecule is COc1c(OC(C)=O)ccc(C(=O)CCc2ccccc2)c1[N+](=O)[O-]. The maximum atomic E-state index is 12.5. The van der Waals surface area contributed by atoms with Gasteiger partial charge in [-0.25, -0.2) is 0 Å². The number of methoxy groups -OCH3 is 1. The molecule has 25 heavy (non-hydrogen) atoms. The summed E-state index contributed by atoms with van der Waals surface area (Å²) in [5, 5.41) is 11.5. The third-order valence-electron chi connectivity index (χ3n) is 3.52. The van der Waals surface area contributed by atoms with Gasteiger partial charge in [0.25, 0.3) is 0 Å². The Bertz CT molecular complexity index is 801. The zero-order valence-electron chi connectivity index (χ0n) is 13.9. The van der Waals surface area contributed by atoms with Crippen molar-refractivity contribution in [1.29, 1.82) is 0 Å². The van der Waals surface area contributed by atoms with Crippen molar-refractivity contribution in [2.75, 3.05) is 7.11 Å². The molecule has 0 N–H and O–H groups in total. The average Bonchev–Trinajstić information content (AvgIpc) is 2.59. The summed E-state index contributed by atoms with van der Waals surface area (Å²) in [6, 6.07) is 12.0. The quantitative estimate of drug-likeness (QED) is 0.251. The summed E-state index contributed by atoms with van der Waals surface area (Å²) in [6.07, 6.45) is 0.575. The first kappa shape index (κ1) is 18.1. The molecule has 0 spiro atoms. The highest BCUT2D eigenvalue weighted by atomic mass is 16.6. The van der Waals surface area contributed by atoms with Gasteiger partial charge in [0, 0.05) is 13.3 Å². The number of nitro groups is 1. The second kappa shape index (κ2) is 8.05. The summed E-state index contributed by atoms with van der Waals surface area (Å²) in [5.74, 6) is -1.37. The second-order valence-corrected chi connectivity index (χ2v) is 5.25. The zero-order valence-corrected chi connectivity index (χ0v) is 13.9. The summed E-state index contributed by atoms with van der Waals surface area (Å²) in [5.41, 5.74) is 0.384. The van der Waals surface area contributed by atoms with E-state index in [0.29, 0.717) is 6.42 Å². The summed E-state index contributed by atoms with van der Waals surface area (Å²) in [6.45, 7) is 1.17. The number of benzene rings is 2. The average molecular weight is 343 g/mol. The number of Topliss-reactive ketones (excluding diaryl/α,β-unsaturated/α-hetero) is 1. The molecule has 130 valence electrons. The molecular formula is C18H17NO6. The molecule has 0 heterocycles. The molecule has 0 aliphatic heterocycles. The molecule has 0 fully saturated rings. The summed E-state index contributed by atoms with van der Waals surface area (Å²) < 4.78 is 9.93. The van der Waals surface area contributed by atoms with Crippen LogP contribution in [0.15, 0.2) is 42.5 Å². The van der Waals surface area contributed by atoms with Crippen molar-refractivity contribution in [2.24, 2.45) is 0 Å². The zero-order chi connectivity index (χ0) is 18.4. The van der Waals surface area contributed by atoms with Crippen LogP contribution >= 0.6 is 0 Å². The topological polar surface area (TPSA) is 95.7 Å². The van der Waals surface area contributed by atoms with Crippen LogP contribution < -0.4 is 9.47 Å². The van der Waals surface area contributed by atoms with Crippen LogP contribution in [0.3, 0.4) is 0 Å². The monoisotopic (exact) mass is 343 g/mol. The van der Waals surface area contributed by atoms with Crippen molar-refractivity contribution >= 4 is 17.4 Å². The van der Waals surface area contributed by atoms with Crippen molar-refractivity contribution < 1.29 is 24.0 Å². The van der Waals surface area contributed by atoms with E-state index in [1.54, 1.807) is 0 Å². The minimum atomic E-state index is -0.707. The lowest BCUT2D eigenvalue weighted by Crippen LogP contribution is -2.09. The van der Waals surface area contributed by atoms with Gasteiger partial charge in [-0.05, 0) is 24.1 Å². The number of aryl methyl sites for hydroxylation is 1. The summed E-state index contributed by atoms with van der Waals surface area (Å²) >= 11 is 0. The van der Waals surface area contributed by atoms with Crippen LogP contribution in [0.1, 0.15) is 29.3 Å². The standard InChI is InChI=1S/C18H17NO6/c1-12(20)25-16-11-9-14(17(19(22)23)18(16)24-2)15(21)10-8-13-6-4-3-5-7-13/h3-7,9,11H,8,10H2,1-2H3. The van der Waals surface area contributed by atoms with Gasteiger partial charge in [0.05, 0.1) is 17.6 Å². The highest BCUT2D eigenvalue weighted by Gasteiger charge is 2.29. The van der Waals surface area contributed by atoms with E-state index in [2.05, 4.69) is 0 Å². The van der Waals surface area contributed by atoms with Crippen LogP contribution in [-0.2, 0) is 11.2 Å². The number of ketones is 1. The van der Waals surface area contributed by atoms with Crippen LogP contribution in [0.25, 0.3) is 0 Å². The maximum Gasteiger partial charge on any atom is 0.325 e. The van der Waals surface area contributed by atoms with Crippen LogP contribution in [-0.4, -0.2) is 23.8 Å². The molecule has 0 amide bonds. The minimum absolute atomic E-state index is 0.0753. The summed E-state index contributed by atoms with van der Waals surface area (Å²) in [7, 11) is 1.22. The van der Waals surface area contributed by atoms with Crippen molar-refractivity contribution in [3.8, 4) is 11.5 Å². The van der Waals surface area contributed by atoms with Gasteiger partial charge in [-0.3, -0.25) is 19.7 Å². The number of esters is 1. The number of carbonyl (C=O) groups is 2. The Morgan fingerprint density at radius 3 is 2.36 bits per heavy atom. The third kappa shape index (κ3) is 4.41. The molecule has 0 bridgehead atoms. The number of rotatable bonds is 7. The number of nitro benzene ring substituents is 1. The Kier molecular flexibility index (Phi) is 5.84. The summed E-state index contributed by atoms with van der Waals surface area (Å²) in [4.78, 5) is 34.3. The van der Waals surface area contributed by atoms with Gasteiger partial charge in [-0.1, -0.05) is 30.3 Å². The van der Waals surface area contributed by atoms with Gasteiger partial charge in [-0.15, -0.1) is 0 Å². The molecule has 0 saturated heterocycles. The second-order valence-electron chi connectivity index (χ2n) is 5.25. The fraction of sp³-hybridized carbons (Fsp3) is 0.222. The van der Waals surface area contributed by atoms with Gasteiger partial charge in [0.1, 0.15) is 0 Å². The Hall–Kier alpha value is -3.22. The number of nitrogens with zero attached hydrogens (tertiary/aromatic N) is 1. The molecule has 0 radical (unpaired) electrons. The lowest BCUT2D eigenvalue weighted by molar-refractivity contribution is -0.386. The van der Waals surface area contributed by atoms with Crippen LogP contribution in [0, 0.1) is 10.1 Å². The molecular weight excluding hydrogens is 326 g/mol. The van der Waals surface area contributed by atoms with Crippen LogP contribution in [0.2, 0.25) is 0 Å². The molecule has 0 unspecified atom stereocenters. The normalized spacial score (nSPS) is 10.2. The number of ether oxygens (including phenoxy) is 2. The van der Waals surface area contributed by atoms with Crippen molar-refractivity contribution in [1.82, 2.24) is 0 Å². The third-order valence-corrected chi connectivity index (χ3v) is 3.52. The van der Waals surface area contributed by atoms with Crippen LogP contribution in [0.4, 0.5) is 5.69 Å². The Balaban J connectivity index is 2.34. The molecule has 0 aliphatic carbocycles. The first-order valence-corrected chi connectivity index (χ1v) is 7.55. The van der Waals surface area contributed by atoms with Crippen LogP contribution in [0.5, 0.6) is 11.5 Å². The van der Waals surface area contributed by atoms with E-state index in [0.717, 1.165) is 5.56 Å². The molecule has 2 aromatic rings. The molecule has 7 heteroatoms. The van der Waals surface area contributed by atoms with E-state index in [4.69, 9.17) is 9.47 Å². The van der Waals surface area contributed by atoms with E-state index >= 15 is 0 Å².